The number of nitrogens with one attached hydrogen (secondary N) is 2. The number of ether oxygens (including phenoxy) is 1. The Morgan fingerprint density at radius 1 is 1.11 bits per heavy atom. The molecule has 0 aliphatic carbocycles. The van der Waals surface area contributed by atoms with Crippen LogP contribution in [0.15, 0.2) is 66.9 Å². The monoisotopic (exact) mass is 365 g/mol. The van der Waals surface area contributed by atoms with E-state index in [2.05, 4.69) is 15.6 Å². The Morgan fingerprint density at radius 3 is 2.70 bits per heavy atom. The zero-order valence-corrected chi connectivity index (χ0v) is 14.9. The van der Waals surface area contributed by atoms with Crippen LogP contribution >= 0.6 is 0 Å². The third-order valence-electron chi connectivity index (χ3n) is 3.96. The van der Waals surface area contributed by atoms with Gasteiger partial charge in [0.05, 0.1) is 12.7 Å². The molecule has 1 heterocycles. The number of carbonyl (C=O) groups excluding carboxylic acids is 1. The second kappa shape index (κ2) is 8.80. The van der Waals surface area contributed by atoms with Crippen LogP contribution < -0.4 is 15.4 Å². The Balaban J connectivity index is 1.52. The van der Waals surface area contributed by atoms with E-state index in [4.69, 9.17) is 4.74 Å². The van der Waals surface area contributed by atoms with Crippen LogP contribution in [0.4, 0.5) is 15.9 Å². The fourth-order valence-corrected chi connectivity index (χ4v) is 2.57. The number of hydrogen-bond donors (Lipinski definition) is 2. The summed E-state index contributed by atoms with van der Waals surface area (Å²) in [5, 5.41) is 5.86. The van der Waals surface area contributed by atoms with Crippen LogP contribution in [-0.2, 0) is 6.42 Å². The van der Waals surface area contributed by atoms with Gasteiger partial charge in [-0.15, -0.1) is 0 Å². The van der Waals surface area contributed by atoms with Crippen molar-refractivity contribution in [2.45, 2.75) is 6.42 Å². The third-order valence-corrected chi connectivity index (χ3v) is 3.96. The average Bonchev–Trinajstić information content (AvgIpc) is 2.69. The zero-order chi connectivity index (χ0) is 19.1. The molecule has 27 heavy (non-hydrogen) atoms. The second-order valence-corrected chi connectivity index (χ2v) is 5.92. The summed E-state index contributed by atoms with van der Waals surface area (Å²) in [6.07, 6.45) is 2.19. The number of methoxy groups -OCH3 is 1. The van der Waals surface area contributed by atoms with Crippen LogP contribution in [0.2, 0.25) is 0 Å². The topological polar surface area (TPSA) is 63.2 Å². The summed E-state index contributed by atoms with van der Waals surface area (Å²) in [5.74, 6) is 0.813. The van der Waals surface area contributed by atoms with E-state index in [-0.39, 0.29) is 11.7 Å². The molecule has 1 aromatic heterocycles. The lowest BCUT2D eigenvalue weighted by molar-refractivity contribution is 0.0954. The van der Waals surface area contributed by atoms with Gasteiger partial charge in [0.25, 0.3) is 5.91 Å². The minimum absolute atomic E-state index is 0.192. The minimum Gasteiger partial charge on any atom is -0.497 e. The maximum Gasteiger partial charge on any atom is 0.252 e. The predicted octanol–water partition coefficient (Wildman–Crippen LogP) is 3.95. The van der Waals surface area contributed by atoms with Crippen molar-refractivity contribution in [3.8, 4) is 5.75 Å². The molecule has 1 amide bonds. The van der Waals surface area contributed by atoms with Gasteiger partial charge in [-0.1, -0.05) is 18.2 Å². The molecule has 0 saturated carbocycles. The number of aromatic nitrogens is 1. The molecule has 5 nitrogen and oxygen atoms in total. The number of benzene rings is 2. The van der Waals surface area contributed by atoms with Crippen molar-refractivity contribution >= 4 is 17.4 Å². The van der Waals surface area contributed by atoms with Gasteiger partial charge in [-0.2, -0.15) is 0 Å². The minimum atomic E-state index is -0.327. The molecule has 0 radical (unpaired) electrons. The standard InChI is InChI=1S/C21H20FN3O2/c1-27-19-7-2-4-15(12-19)10-11-23-21(26)16-8-9-20(24-14-16)25-18-6-3-5-17(22)13-18/h2-9,12-14H,10-11H2,1H3,(H,23,26)(H,24,25). The van der Waals surface area contributed by atoms with Crippen molar-refractivity contribution in [1.29, 1.82) is 0 Å². The highest BCUT2D eigenvalue weighted by Crippen LogP contribution is 2.16. The molecule has 3 aromatic rings. The van der Waals surface area contributed by atoms with Crippen molar-refractivity contribution in [3.05, 3.63) is 83.8 Å². The van der Waals surface area contributed by atoms with Gasteiger partial charge in [-0.3, -0.25) is 4.79 Å². The van der Waals surface area contributed by atoms with Crippen molar-refractivity contribution in [1.82, 2.24) is 10.3 Å². The van der Waals surface area contributed by atoms with E-state index in [1.54, 1.807) is 31.4 Å². The largest absolute Gasteiger partial charge is 0.497 e. The fourth-order valence-electron chi connectivity index (χ4n) is 2.57. The van der Waals surface area contributed by atoms with Gasteiger partial charge < -0.3 is 15.4 Å². The van der Waals surface area contributed by atoms with Crippen LogP contribution in [0.3, 0.4) is 0 Å². The molecule has 0 aliphatic rings. The molecule has 0 aliphatic heterocycles. The summed E-state index contributed by atoms with van der Waals surface area (Å²) in [6.45, 7) is 0.509. The summed E-state index contributed by atoms with van der Waals surface area (Å²) < 4.78 is 18.4. The molecule has 0 bridgehead atoms. The molecule has 0 unspecified atom stereocenters. The number of hydrogen-bond acceptors (Lipinski definition) is 4. The van der Waals surface area contributed by atoms with Crippen molar-refractivity contribution in [2.75, 3.05) is 19.0 Å². The second-order valence-electron chi connectivity index (χ2n) is 5.92. The number of anilines is 2. The first-order valence-electron chi connectivity index (χ1n) is 8.54. The molecule has 138 valence electrons. The normalized spacial score (nSPS) is 10.3. The molecule has 0 atom stereocenters. The first kappa shape index (κ1) is 18.4. The lowest BCUT2D eigenvalue weighted by Gasteiger charge is -2.08. The molecule has 3 rings (SSSR count). The number of amides is 1. The summed E-state index contributed by atoms with van der Waals surface area (Å²) in [7, 11) is 1.63. The van der Waals surface area contributed by atoms with E-state index in [9.17, 15) is 9.18 Å². The summed E-state index contributed by atoms with van der Waals surface area (Å²) in [4.78, 5) is 16.4. The number of carbonyl (C=O) groups is 1. The first-order valence-corrected chi connectivity index (χ1v) is 8.54. The van der Waals surface area contributed by atoms with Crippen molar-refractivity contribution in [2.24, 2.45) is 0 Å². The lowest BCUT2D eigenvalue weighted by Crippen LogP contribution is -2.25. The van der Waals surface area contributed by atoms with Crippen molar-refractivity contribution in [3.63, 3.8) is 0 Å². The predicted molar refractivity (Wildman–Crippen MR) is 103 cm³/mol. The molecular formula is C21H20FN3O2. The number of halogens is 1. The third kappa shape index (κ3) is 5.28. The van der Waals surface area contributed by atoms with Crippen LogP contribution in [0.5, 0.6) is 5.75 Å². The quantitative estimate of drug-likeness (QED) is 0.666. The average molecular weight is 365 g/mol. The van der Waals surface area contributed by atoms with E-state index < -0.39 is 0 Å². The van der Waals surface area contributed by atoms with Crippen LogP contribution in [0, 0.1) is 5.82 Å². The fraction of sp³-hybridized carbons (Fsp3) is 0.143. The first-order chi connectivity index (χ1) is 13.1. The molecular weight excluding hydrogens is 345 g/mol. The Kier molecular flexibility index (Phi) is 5.99. The van der Waals surface area contributed by atoms with Crippen LogP contribution in [0.1, 0.15) is 15.9 Å². The maximum atomic E-state index is 13.2. The van der Waals surface area contributed by atoms with E-state index in [0.717, 1.165) is 11.3 Å². The Bertz CT molecular complexity index is 913. The van der Waals surface area contributed by atoms with Gasteiger partial charge in [-0.05, 0) is 54.4 Å². The van der Waals surface area contributed by atoms with Gasteiger partial charge in [0.1, 0.15) is 17.4 Å². The van der Waals surface area contributed by atoms with Crippen LogP contribution in [0.25, 0.3) is 0 Å². The molecule has 0 fully saturated rings. The van der Waals surface area contributed by atoms with E-state index in [0.29, 0.717) is 30.0 Å². The summed E-state index contributed by atoms with van der Waals surface area (Å²) >= 11 is 0. The zero-order valence-electron chi connectivity index (χ0n) is 14.9. The number of nitrogens with zero attached hydrogens (tertiary/aromatic N) is 1. The van der Waals surface area contributed by atoms with Gasteiger partial charge in [0.2, 0.25) is 0 Å². The van der Waals surface area contributed by atoms with Gasteiger partial charge in [0.15, 0.2) is 0 Å². The van der Waals surface area contributed by atoms with Crippen LogP contribution in [-0.4, -0.2) is 24.5 Å². The van der Waals surface area contributed by atoms with E-state index in [1.165, 1.54) is 18.3 Å². The van der Waals surface area contributed by atoms with Gasteiger partial charge >= 0.3 is 0 Å². The molecule has 2 aromatic carbocycles. The highest BCUT2D eigenvalue weighted by Gasteiger charge is 2.06. The van der Waals surface area contributed by atoms with Crippen molar-refractivity contribution < 1.29 is 13.9 Å². The Labute approximate surface area is 157 Å². The highest BCUT2D eigenvalue weighted by molar-refractivity contribution is 5.94. The molecule has 0 saturated heterocycles. The molecule has 6 heteroatoms. The number of rotatable bonds is 7. The highest BCUT2D eigenvalue weighted by atomic mass is 19.1. The van der Waals surface area contributed by atoms with E-state index in [1.807, 2.05) is 24.3 Å². The Morgan fingerprint density at radius 2 is 1.96 bits per heavy atom. The summed E-state index contributed by atoms with van der Waals surface area (Å²) in [5.41, 5.74) is 2.14. The van der Waals surface area contributed by atoms with Gasteiger partial charge in [-0.25, -0.2) is 9.37 Å². The smallest absolute Gasteiger partial charge is 0.252 e. The Hall–Kier alpha value is -3.41. The van der Waals surface area contributed by atoms with E-state index >= 15 is 0 Å². The lowest BCUT2D eigenvalue weighted by atomic mass is 10.1. The molecule has 2 N–H and O–H groups in total. The molecule has 0 spiro atoms. The number of pyridine rings is 1. The van der Waals surface area contributed by atoms with Gasteiger partial charge in [0, 0.05) is 18.4 Å². The SMILES string of the molecule is COc1cccc(CCNC(=O)c2ccc(Nc3cccc(F)c3)nc2)c1. The maximum absolute atomic E-state index is 13.2. The summed E-state index contributed by atoms with van der Waals surface area (Å²) in [6, 6.07) is 17.2.